The van der Waals surface area contributed by atoms with Crippen molar-refractivity contribution in [2.24, 2.45) is 0 Å². The Kier molecular flexibility index (Phi) is 7.53. The Balaban J connectivity index is 0.968. The van der Waals surface area contributed by atoms with Crippen molar-refractivity contribution < 1.29 is 4.42 Å². The summed E-state index contributed by atoms with van der Waals surface area (Å²) in [6.45, 7) is 0. The van der Waals surface area contributed by atoms with Gasteiger partial charge in [-0.2, -0.15) is 0 Å². The van der Waals surface area contributed by atoms with E-state index in [2.05, 4.69) is 182 Å². The van der Waals surface area contributed by atoms with Crippen molar-refractivity contribution in [3.05, 3.63) is 200 Å². The highest BCUT2D eigenvalue weighted by Gasteiger charge is 2.22. The van der Waals surface area contributed by atoms with Crippen LogP contribution in [0.5, 0.6) is 0 Å². The van der Waals surface area contributed by atoms with Crippen LogP contribution in [0.4, 0.5) is 0 Å². The molecule has 0 saturated heterocycles. The first-order chi connectivity index (χ1) is 31.7. The van der Waals surface area contributed by atoms with Crippen molar-refractivity contribution in [2.75, 3.05) is 0 Å². The van der Waals surface area contributed by atoms with Crippen LogP contribution >= 0.6 is 11.3 Å². The van der Waals surface area contributed by atoms with Gasteiger partial charge in [-0.3, -0.25) is 0 Å². The molecule has 0 atom stereocenters. The van der Waals surface area contributed by atoms with Gasteiger partial charge < -0.3 is 4.42 Å². The van der Waals surface area contributed by atoms with Crippen molar-refractivity contribution in [3.63, 3.8) is 0 Å². The van der Waals surface area contributed by atoms with Gasteiger partial charge in [-0.15, -0.1) is 11.3 Å². The van der Waals surface area contributed by atoms with E-state index in [1.807, 2.05) is 29.5 Å². The number of benzene rings is 11. The van der Waals surface area contributed by atoms with E-state index in [-0.39, 0.29) is 0 Å². The molecule has 0 unspecified atom stereocenters. The molecule has 0 saturated carbocycles. The van der Waals surface area contributed by atoms with Crippen LogP contribution in [0.1, 0.15) is 0 Å². The van der Waals surface area contributed by atoms with E-state index in [9.17, 15) is 0 Å². The molecule has 0 radical (unpaired) electrons. The summed E-state index contributed by atoms with van der Waals surface area (Å²) in [6.07, 6.45) is 0. The first kappa shape index (κ1) is 35.4. The lowest BCUT2D eigenvalue weighted by molar-refractivity contribution is 0.673. The van der Waals surface area contributed by atoms with E-state index < -0.39 is 0 Å². The monoisotopic (exact) mass is 831 g/mol. The molecule has 14 aromatic rings. The average Bonchev–Trinajstić information content (AvgIpc) is 3.94. The number of nitrogens with zero attached hydrogens (tertiary/aromatic N) is 3. The topological polar surface area (TPSA) is 51.8 Å². The smallest absolute Gasteiger partial charge is 0.165 e. The molecule has 3 heterocycles. The van der Waals surface area contributed by atoms with Crippen LogP contribution in [0.2, 0.25) is 0 Å². The minimum Gasteiger partial charge on any atom is -0.455 e. The normalized spacial score (nSPS) is 12.1. The first-order valence-corrected chi connectivity index (χ1v) is 22.4. The van der Waals surface area contributed by atoms with Gasteiger partial charge in [-0.1, -0.05) is 182 Å². The molecular weight excluding hydrogens is 799 g/mol. The lowest BCUT2D eigenvalue weighted by Crippen LogP contribution is -2.00. The maximum atomic E-state index is 7.04. The fraction of sp³-hybridized carbons (Fsp3) is 0. The molecule has 11 aromatic carbocycles. The Morgan fingerprint density at radius 3 is 1.62 bits per heavy atom. The van der Waals surface area contributed by atoms with Gasteiger partial charge >= 0.3 is 0 Å². The summed E-state index contributed by atoms with van der Waals surface area (Å²) < 4.78 is 9.48. The van der Waals surface area contributed by atoms with Gasteiger partial charge in [0, 0.05) is 58.6 Å². The van der Waals surface area contributed by atoms with Crippen molar-refractivity contribution in [1.82, 2.24) is 15.0 Å². The van der Waals surface area contributed by atoms with E-state index in [0.29, 0.717) is 17.5 Å². The summed E-state index contributed by atoms with van der Waals surface area (Å²) in [5.74, 6) is 1.92. The fourth-order valence-corrected chi connectivity index (χ4v) is 11.5. The van der Waals surface area contributed by atoms with E-state index >= 15 is 0 Å². The standard InChI is InChI=1S/C59H33N3OS/c1-2-14-36(15-3-1)57-60-58(62-59(61-57)49-24-12-23-46-47-30-29-34-13-4-7-18-40(34)55(47)64-56(46)49)37-27-25-35(26-28-37)51-39-17-6-5-16-38(39)33-50-53(51)48-32-31-45-43-21-9-8-19-41(43)42-20-10-11-22-44(42)52(45)54(48)63-50/h1-33H. The summed E-state index contributed by atoms with van der Waals surface area (Å²) in [4.78, 5) is 15.6. The van der Waals surface area contributed by atoms with Gasteiger partial charge in [0.2, 0.25) is 0 Å². The van der Waals surface area contributed by atoms with Crippen LogP contribution in [0, 0.1) is 0 Å². The summed E-state index contributed by atoms with van der Waals surface area (Å²) in [6, 6.07) is 71.3. The minimum absolute atomic E-state index is 0.626. The van der Waals surface area contributed by atoms with Gasteiger partial charge in [0.25, 0.3) is 0 Å². The number of aromatic nitrogens is 3. The summed E-state index contributed by atoms with van der Waals surface area (Å²) >= 11 is 1.81. The Labute approximate surface area is 370 Å². The van der Waals surface area contributed by atoms with Crippen LogP contribution in [0.15, 0.2) is 205 Å². The molecule has 0 amide bonds. The largest absolute Gasteiger partial charge is 0.455 e. The molecule has 4 nitrogen and oxygen atoms in total. The van der Waals surface area contributed by atoms with E-state index in [4.69, 9.17) is 19.4 Å². The van der Waals surface area contributed by atoms with Gasteiger partial charge in [-0.25, -0.2) is 15.0 Å². The molecule has 0 N–H and O–H groups in total. The van der Waals surface area contributed by atoms with E-state index in [1.54, 1.807) is 0 Å². The predicted octanol–water partition coefficient (Wildman–Crippen LogP) is 16.6. The minimum atomic E-state index is 0.626. The molecule has 14 rings (SSSR count). The fourth-order valence-electron chi connectivity index (χ4n) is 10.2. The Bertz CT molecular complexity index is 4210. The van der Waals surface area contributed by atoms with Gasteiger partial charge in [0.1, 0.15) is 11.2 Å². The molecule has 0 aliphatic heterocycles. The van der Waals surface area contributed by atoms with Crippen LogP contribution in [-0.4, -0.2) is 15.0 Å². The second-order valence-electron chi connectivity index (χ2n) is 16.6. The second-order valence-corrected chi connectivity index (χ2v) is 17.6. The molecule has 296 valence electrons. The number of furan rings is 1. The van der Waals surface area contributed by atoms with Crippen LogP contribution < -0.4 is 0 Å². The summed E-state index contributed by atoms with van der Waals surface area (Å²) in [5.41, 5.74) is 6.88. The molecular formula is C59H33N3OS. The van der Waals surface area contributed by atoms with E-state index in [0.717, 1.165) is 60.5 Å². The molecule has 0 fully saturated rings. The maximum Gasteiger partial charge on any atom is 0.165 e. The van der Waals surface area contributed by atoms with Gasteiger partial charge in [-0.05, 0) is 72.2 Å². The molecule has 0 bridgehead atoms. The summed E-state index contributed by atoms with van der Waals surface area (Å²) in [7, 11) is 0. The van der Waals surface area contributed by atoms with E-state index in [1.165, 1.54) is 63.3 Å². The number of fused-ring (bicyclic) bond motifs is 16. The zero-order valence-corrected chi connectivity index (χ0v) is 35.0. The molecule has 5 heteroatoms. The lowest BCUT2D eigenvalue weighted by Gasteiger charge is -2.12. The van der Waals surface area contributed by atoms with Crippen LogP contribution in [0.3, 0.4) is 0 Å². The molecule has 0 aliphatic carbocycles. The quantitative estimate of drug-likeness (QED) is 0.166. The Hall–Kier alpha value is -8.25. The van der Waals surface area contributed by atoms with Gasteiger partial charge in [0.15, 0.2) is 17.5 Å². The molecule has 0 aliphatic rings. The highest BCUT2D eigenvalue weighted by molar-refractivity contribution is 7.27. The van der Waals surface area contributed by atoms with Crippen molar-refractivity contribution in [3.8, 4) is 45.3 Å². The number of rotatable bonds is 4. The number of thiophene rings is 1. The van der Waals surface area contributed by atoms with Crippen LogP contribution in [-0.2, 0) is 0 Å². The van der Waals surface area contributed by atoms with Crippen molar-refractivity contribution in [2.45, 2.75) is 0 Å². The zero-order valence-electron chi connectivity index (χ0n) is 34.2. The third-order valence-corrected chi connectivity index (χ3v) is 14.4. The average molecular weight is 832 g/mol. The zero-order chi connectivity index (χ0) is 41.9. The van der Waals surface area contributed by atoms with Crippen molar-refractivity contribution >= 4 is 107 Å². The second kappa shape index (κ2) is 13.6. The highest BCUT2D eigenvalue weighted by Crippen LogP contribution is 2.47. The lowest BCUT2D eigenvalue weighted by atomic mass is 9.90. The van der Waals surface area contributed by atoms with Crippen LogP contribution in [0.25, 0.3) is 141 Å². The van der Waals surface area contributed by atoms with Gasteiger partial charge in [0.05, 0.1) is 0 Å². The molecule has 3 aromatic heterocycles. The third-order valence-electron chi connectivity index (χ3n) is 13.1. The number of hydrogen-bond donors (Lipinski definition) is 0. The summed E-state index contributed by atoms with van der Waals surface area (Å²) in [5, 5.41) is 16.7. The molecule has 64 heavy (non-hydrogen) atoms. The Morgan fingerprint density at radius 2 is 0.859 bits per heavy atom. The maximum absolute atomic E-state index is 7.04. The van der Waals surface area contributed by atoms with Crippen molar-refractivity contribution in [1.29, 1.82) is 0 Å². The Morgan fingerprint density at radius 1 is 0.328 bits per heavy atom. The SMILES string of the molecule is c1ccc(-c2nc(-c3ccc(-c4c5ccccc5cc5oc6c(ccc7c8ccccc8c8ccccc8c76)c45)cc3)nc(-c3cccc4c3sc3c5ccccc5ccc43)n2)cc1. The third kappa shape index (κ3) is 5.19. The predicted molar refractivity (Wildman–Crippen MR) is 269 cm³/mol. The highest BCUT2D eigenvalue weighted by atomic mass is 32.1. The molecule has 0 spiro atoms. The first-order valence-electron chi connectivity index (χ1n) is 21.6. The number of hydrogen-bond acceptors (Lipinski definition) is 5.